The van der Waals surface area contributed by atoms with E-state index < -0.39 is 0 Å². The molecular weight excluding hydrogens is 114 g/mol. The van der Waals surface area contributed by atoms with Crippen LogP contribution in [0, 0.1) is 0 Å². The lowest BCUT2D eigenvalue weighted by Crippen LogP contribution is -2.59. The number of rotatable bonds is 0. The molecule has 0 aromatic heterocycles. The van der Waals surface area contributed by atoms with Crippen molar-refractivity contribution < 1.29 is 4.59 Å². The van der Waals surface area contributed by atoms with E-state index in [1.54, 1.807) is 0 Å². The zero-order valence-corrected chi connectivity index (χ0v) is 6.01. The van der Waals surface area contributed by atoms with Crippen LogP contribution in [-0.4, -0.2) is 30.8 Å². The van der Waals surface area contributed by atoms with E-state index in [0.29, 0.717) is 10.6 Å². The topological polar surface area (TPSA) is 52.0 Å². The van der Waals surface area contributed by atoms with Crippen LogP contribution >= 0.6 is 0 Å². The summed E-state index contributed by atoms with van der Waals surface area (Å²) in [7, 11) is 2.03. The number of hydrogen-bond donors (Lipinski definition) is 2. The number of nitrogens with two attached hydrogens (primary N) is 2. The molecule has 2 atom stereocenters. The molecule has 9 heavy (non-hydrogen) atoms. The fourth-order valence-corrected chi connectivity index (χ4v) is 1.43. The summed E-state index contributed by atoms with van der Waals surface area (Å²) < 4.78 is 0.612. The molecule has 1 saturated heterocycles. The lowest BCUT2D eigenvalue weighted by molar-refractivity contribution is -0.926. The summed E-state index contributed by atoms with van der Waals surface area (Å²) in [6, 6.07) is 0.328. The molecule has 1 fully saturated rings. The predicted octanol–water partition coefficient (Wildman–Crippen LogP) is -0.572. The molecular formula is C6H16N3+. The zero-order valence-electron chi connectivity index (χ0n) is 6.01. The molecule has 0 aromatic carbocycles. The molecule has 0 spiro atoms. The van der Waals surface area contributed by atoms with Crippen molar-refractivity contribution in [2.24, 2.45) is 11.6 Å². The monoisotopic (exact) mass is 130 g/mol. The van der Waals surface area contributed by atoms with E-state index in [1.807, 2.05) is 7.05 Å². The van der Waals surface area contributed by atoms with E-state index in [1.165, 1.54) is 6.42 Å². The third-order valence-corrected chi connectivity index (χ3v) is 1.90. The van der Waals surface area contributed by atoms with E-state index >= 15 is 0 Å². The summed E-state index contributed by atoms with van der Waals surface area (Å²) in [5.41, 5.74) is 5.71. The number of likely N-dealkylation sites (N-methyl/N-ethyl adjacent to an activating group) is 1. The van der Waals surface area contributed by atoms with Gasteiger partial charge in [-0.25, -0.2) is 4.59 Å². The minimum atomic E-state index is 0.328. The first kappa shape index (κ1) is 6.99. The molecule has 0 aromatic rings. The number of piperidine rings is 1. The largest absolute Gasteiger partial charge is 0.323 e. The van der Waals surface area contributed by atoms with Crippen LogP contribution in [-0.2, 0) is 0 Å². The van der Waals surface area contributed by atoms with Crippen LogP contribution in [0.3, 0.4) is 0 Å². The van der Waals surface area contributed by atoms with Crippen LogP contribution in [0.5, 0.6) is 0 Å². The third kappa shape index (κ3) is 1.93. The molecule has 3 heteroatoms. The minimum Gasteiger partial charge on any atom is -0.323 e. The van der Waals surface area contributed by atoms with Gasteiger partial charge in [0.25, 0.3) is 0 Å². The average Bonchev–Trinajstić information content (AvgIpc) is 1.60. The highest BCUT2D eigenvalue weighted by molar-refractivity contribution is 4.63. The number of nitrogens with zero attached hydrogens (tertiary/aromatic N) is 1. The van der Waals surface area contributed by atoms with Gasteiger partial charge in [0, 0.05) is 0 Å². The van der Waals surface area contributed by atoms with Crippen molar-refractivity contribution in [3.8, 4) is 0 Å². The van der Waals surface area contributed by atoms with Gasteiger partial charge in [0.1, 0.15) is 6.54 Å². The molecule has 3 nitrogen and oxygen atoms in total. The second-order valence-corrected chi connectivity index (χ2v) is 3.29. The summed E-state index contributed by atoms with van der Waals surface area (Å²) in [5.74, 6) is 5.83. The van der Waals surface area contributed by atoms with Crippen molar-refractivity contribution in [3.05, 3.63) is 0 Å². The van der Waals surface area contributed by atoms with E-state index in [4.69, 9.17) is 11.6 Å². The number of quaternary nitrogens is 1. The first-order valence-corrected chi connectivity index (χ1v) is 3.49. The van der Waals surface area contributed by atoms with Crippen LogP contribution in [0.2, 0.25) is 0 Å². The van der Waals surface area contributed by atoms with Gasteiger partial charge in [0.05, 0.1) is 19.6 Å². The van der Waals surface area contributed by atoms with Crippen molar-refractivity contribution >= 4 is 0 Å². The Morgan fingerprint density at radius 1 is 1.56 bits per heavy atom. The average molecular weight is 130 g/mol. The summed E-state index contributed by atoms with van der Waals surface area (Å²) in [6.07, 6.45) is 2.32. The summed E-state index contributed by atoms with van der Waals surface area (Å²) in [6.45, 7) is 2.01. The van der Waals surface area contributed by atoms with Crippen molar-refractivity contribution in [1.82, 2.24) is 0 Å². The van der Waals surface area contributed by atoms with E-state index in [0.717, 1.165) is 19.5 Å². The number of hydrogen-bond acceptors (Lipinski definition) is 2. The molecule has 0 bridgehead atoms. The highest BCUT2D eigenvalue weighted by atomic mass is 15.6. The second-order valence-electron chi connectivity index (χ2n) is 3.29. The number of likely N-dealkylation sites (tertiary alicyclic amines) is 1. The molecule has 54 valence electrons. The lowest BCUT2D eigenvalue weighted by Gasteiger charge is -2.34. The molecule has 1 aliphatic rings. The van der Waals surface area contributed by atoms with Gasteiger partial charge in [-0.1, -0.05) is 0 Å². The van der Waals surface area contributed by atoms with Crippen molar-refractivity contribution in [2.45, 2.75) is 18.9 Å². The fourth-order valence-electron chi connectivity index (χ4n) is 1.43. The first-order chi connectivity index (χ1) is 4.10. The Morgan fingerprint density at radius 3 is 2.56 bits per heavy atom. The van der Waals surface area contributed by atoms with Gasteiger partial charge in [-0.05, 0) is 12.8 Å². The highest BCUT2D eigenvalue weighted by Gasteiger charge is 2.25. The summed E-state index contributed by atoms with van der Waals surface area (Å²) >= 11 is 0. The normalized spacial score (nSPS) is 45.0. The van der Waals surface area contributed by atoms with E-state index in [9.17, 15) is 0 Å². The van der Waals surface area contributed by atoms with Gasteiger partial charge in [-0.15, -0.1) is 0 Å². The smallest absolute Gasteiger partial charge is 0.111 e. The van der Waals surface area contributed by atoms with Crippen LogP contribution in [0.1, 0.15) is 12.8 Å². The maximum absolute atomic E-state index is 5.83. The zero-order chi connectivity index (χ0) is 6.91. The fraction of sp³-hybridized carbons (Fsp3) is 1.00. The third-order valence-electron chi connectivity index (χ3n) is 1.90. The summed E-state index contributed by atoms with van der Waals surface area (Å²) in [5, 5.41) is 0. The predicted molar refractivity (Wildman–Crippen MR) is 37.3 cm³/mol. The second kappa shape index (κ2) is 2.25. The summed E-state index contributed by atoms with van der Waals surface area (Å²) in [4.78, 5) is 0. The van der Waals surface area contributed by atoms with Crippen LogP contribution in [0.25, 0.3) is 0 Å². The van der Waals surface area contributed by atoms with Crippen LogP contribution in [0.15, 0.2) is 0 Å². The SMILES string of the molecule is C[N+]1(N)CCCC(N)C1. The molecule has 0 amide bonds. The Balaban J connectivity index is 2.41. The van der Waals surface area contributed by atoms with E-state index in [-0.39, 0.29) is 0 Å². The van der Waals surface area contributed by atoms with Crippen molar-refractivity contribution in [1.29, 1.82) is 0 Å². The van der Waals surface area contributed by atoms with Gasteiger partial charge in [0.15, 0.2) is 0 Å². The molecule has 1 heterocycles. The maximum Gasteiger partial charge on any atom is 0.111 e. The quantitative estimate of drug-likeness (QED) is 0.341. The Hall–Kier alpha value is -0.120. The van der Waals surface area contributed by atoms with Gasteiger partial charge >= 0.3 is 0 Å². The molecule has 0 radical (unpaired) electrons. The lowest BCUT2D eigenvalue weighted by atomic mass is 10.1. The standard InChI is InChI=1S/C6H16N3/c1-9(8)4-2-3-6(7)5-9/h6H,2-5,7-8H2,1H3/q+1. The Kier molecular flexibility index (Phi) is 1.75. The van der Waals surface area contributed by atoms with Gasteiger partial charge in [0.2, 0.25) is 0 Å². The van der Waals surface area contributed by atoms with Gasteiger partial charge < -0.3 is 5.73 Å². The Labute approximate surface area is 56.2 Å². The molecule has 1 rings (SSSR count). The van der Waals surface area contributed by atoms with Crippen LogP contribution in [0.4, 0.5) is 0 Å². The first-order valence-electron chi connectivity index (χ1n) is 3.49. The molecule has 0 saturated carbocycles. The molecule has 0 aliphatic carbocycles. The minimum absolute atomic E-state index is 0.328. The van der Waals surface area contributed by atoms with Crippen molar-refractivity contribution in [2.75, 3.05) is 20.1 Å². The highest BCUT2D eigenvalue weighted by Crippen LogP contribution is 2.09. The Morgan fingerprint density at radius 2 is 2.22 bits per heavy atom. The van der Waals surface area contributed by atoms with Crippen LogP contribution < -0.4 is 11.6 Å². The van der Waals surface area contributed by atoms with Gasteiger partial charge in [-0.3, -0.25) is 0 Å². The molecule has 4 N–H and O–H groups in total. The molecule has 2 unspecified atom stereocenters. The molecule has 1 aliphatic heterocycles. The Bertz CT molecular complexity index is 100. The van der Waals surface area contributed by atoms with E-state index in [2.05, 4.69) is 0 Å². The van der Waals surface area contributed by atoms with Gasteiger partial charge in [-0.2, -0.15) is 5.84 Å². The van der Waals surface area contributed by atoms with Crippen molar-refractivity contribution in [3.63, 3.8) is 0 Å². The maximum atomic E-state index is 5.83.